The van der Waals surface area contributed by atoms with Gasteiger partial charge in [0.05, 0.1) is 6.61 Å². The molecule has 4 heteroatoms. The van der Waals surface area contributed by atoms with E-state index >= 15 is 0 Å². The fourth-order valence-electron chi connectivity index (χ4n) is 2.37. The van der Waals surface area contributed by atoms with Gasteiger partial charge in [-0.2, -0.15) is 0 Å². The number of unbranched alkanes of at least 4 members (excludes halogenated alkanes) is 2. The van der Waals surface area contributed by atoms with E-state index in [1.807, 2.05) is 13.8 Å². The van der Waals surface area contributed by atoms with Crippen molar-refractivity contribution in [3.8, 4) is 0 Å². The van der Waals surface area contributed by atoms with Crippen LogP contribution in [-0.4, -0.2) is 25.2 Å². The van der Waals surface area contributed by atoms with E-state index in [1.165, 1.54) is 6.08 Å². The molecule has 0 spiro atoms. The smallest absolute Gasteiger partial charge is 0.323 e. The highest BCUT2D eigenvalue weighted by Gasteiger charge is 2.47. The summed E-state index contributed by atoms with van der Waals surface area (Å²) in [4.78, 5) is 25.3. The summed E-state index contributed by atoms with van der Waals surface area (Å²) in [5, 5.41) is 0. The van der Waals surface area contributed by atoms with E-state index < -0.39 is 17.4 Å². The maximum Gasteiger partial charge on any atom is 0.323 e. The average Bonchev–Trinajstić information content (AvgIpc) is 2.52. The quantitative estimate of drug-likeness (QED) is 0.280. The van der Waals surface area contributed by atoms with Gasteiger partial charge >= 0.3 is 11.9 Å². The summed E-state index contributed by atoms with van der Waals surface area (Å²) in [6.07, 6.45) is 6.72. The molecule has 0 saturated heterocycles. The van der Waals surface area contributed by atoms with Crippen LogP contribution in [0.3, 0.4) is 0 Å². The second kappa shape index (κ2) is 12.1. The zero-order chi connectivity index (χ0) is 17.7. The van der Waals surface area contributed by atoms with E-state index in [4.69, 9.17) is 9.47 Å². The Hall–Kier alpha value is -1.32. The molecule has 0 amide bonds. The number of hydrogen-bond donors (Lipinski definition) is 0. The fraction of sp³-hybridized carbons (Fsp3) is 0.789. The van der Waals surface area contributed by atoms with Gasteiger partial charge in [-0.3, -0.25) is 9.59 Å². The molecule has 4 nitrogen and oxygen atoms in total. The van der Waals surface area contributed by atoms with Gasteiger partial charge in [0.25, 0.3) is 0 Å². The maximum atomic E-state index is 12.7. The third-order valence-corrected chi connectivity index (χ3v) is 3.96. The predicted molar refractivity (Wildman–Crippen MR) is 93.1 cm³/mol. The van der Waals surface area contributed by atoms with E-state index in [0.717, 1.165) is 32.1 Å². The predicted octanol–water partition coefficient (Wildman–Crippen LogP) is 4.67. The van der Waals surface area contributed by atoms with Gasteiger partial charge < -0.3 is 9.47 Å². The Morgan fingerprint density at radius 3 is 2.00 bits per heavy atom. The van der Waals surface area contributed by atoms with Gasteiger partial charge in [-0.15, -0.1) is 0 Å². The lowest BCUT2D eigenvalue weighted by Gasteiger charge is -2.29. The van der Waals surface area contributed by atoms with Crippen LogP contribution in [-0.2, 0) is 19.1 Å². The minimum Gasteiger partial charge on any atom is -0.465 e. The third-order valence-electron chi connectivity index (χ3n) is 3.96. The van der Waals surface area contributed by atoms with Crippen LogP contribution >= 0.6 is 0 Å². The number of rotatable bonds is 13. The van der Waals surface area contributed by atoms with Crippen molar-refractivity contribution in [1.29, 1.82) is 0 Å². The number of esters is 2. The Morgan fingerprint density at radius 2 is 1.57 bits per heavy atom. The van der Waals surface area contributed by atoms with Crippen LogP contribution in [0, 0.1) is 11.3 Å². The van der Waals surface area contributed by atoms with E-state index in [0.29, 0.717) is 25.4 Å². The minimum atomic E-state index is -1.16. The summed E-state index contributed by atoms with van der Waals surface area (Å²) >= 11 is 0. The lowest BCUT2D eigenvalue weighted by atomic mass is 9.78. The van der Waals surface area contributed by atoms with Crippen molar-refractivity contribution >= 4 is 11.9 Å². The first-order valence-electron chi connectivity index (χ1n) is 8.89. The first-order chi connectivity index (χ1) is 10.9. The van der Waals surface area contributed by atoms with Crippen LogP contribution < -0.4 is 0 Å². The molecule has 0 aliphatic rings. The SMILES string of the molecule is C=CCOC(=O)C(CCCC)(CCCC)C(=O)OCCC(C)C. The molecule has 0 N–H and O–H groups in total. The molecule has 0 saturated carbocycles. The van der Waals surface area contributed by atoms with Gasteiger partial charge in [0, 0.05) is 0 Å². The summed E-state index contributed by atoms with van der Waals surface area (Å²) in [6.45, 7) is 12.3. The lowest BCUT2D eigenvalue weighted by molar-refractivity contribution is -0.173. The van der Waals surface area contributed by atoms with Crippen LogP contribution in [0.5, 0.6) is 0 Å². The number of carbonyl (C=O) groups is 2. The Bertz CT molecular complexity index is 352. The first-order valence-corrected chi connectivity index (χ1v) is 8.89. The largest absolute Gasteiger partial charge is 0.465 e. The van der Waals surface area contributed by atoms with Crippen LogP contribution in [0.4, 0.5) is 0 Å². The number of ether oxygens (including phenoxy) is 2. The highest BCUT2D eigenvalue weighted by Crippen LogP contribution is 2.34. The molecule has 0 unspecified atom stereocenters. The molecule has 0 aliphatic heterocycles. The van der Waals surface area contributed by atoms with Crippen molar-refractivity contribution in [3.05, 3.63) is 12.7 Å². The fourth-order valence-corrected chi connectivity index (χ4v) is 2.37. The van der Waals surface area contributed by atoms with Crippen molar-refractivity contribution < 1.29 is 19.1 Å². The van der Waals surface area contributed by atoms with E-state index in [2.05, 4.69) is 20.4 Å². The molecular formula is C19H34O4. The standard InChI is InChI=1S/C19H34O4/c1-6-9-12-19(13-10-7-2,17(20)22-14-8-3)18(21)23-15-11-16(4)5/h8,16H,3,6-7,9-15H2,1-2,4-5H3. The summed E-state index contributed by atoms with van der Waals surface area (Å²) in [5.74, 6) is -0.431. The monoisotopic (exact) mass is 326 g/mol. The van der Waals surface area contributed by atoms with E-state index in [1.54, 1.807) is 0 Å². The van der Waals surface area contributed by atoms with Crippen LogP contribution in [0.15, 0.2) is 12.7 Å². The van der Waals surface area contributed by atoms with E-state index in [9.17, 15) is 9.59 Å². The van der Waals surface area contributed by atoms with Gasteiger partial charge in [-0.1, -0.05) is 66.0 Å². The average molecular weight is 326 g/mol. The Morgan fingerprint density at radius 1 is 1.04 bits per heavy atom. The maximum absolute atomic E-state index is 12.7. The molecular weight excluding hydrogens is 292 g/mol. The summed E-state index contributed by atoms with van der Waals surface area (Å²) in [5.41, 5.74) is -1.16. The molecule has 0 aliphatic carbocycles. The molecule has 0 aromatic heterocycles. The molecule has 0 aromatic rings. The van der Waals surface area contributed by atoms with E-state index in [-0.39, 0.29) is 6.61 Å². The van der Waals surface area contributed by atoms with Gasteiger partial charge in [-0.25, -0.2) is 0 Å². The normalized spacial score (nSPS) is 11.3. The van der Waals surface area contributed by atoms with Crippen molar-refractivity contribution in [1.82, 2.24) is 0 Å². The minimum absolute atomic E-state index is 0.123. The van der Waals surface area contributed by atoms with Crippen molar-refractivity contribution in [2.24, 2.45) is 11.3 Å². The number of carbonyl (C=O) groups excluding carboxylic acids is 2. The van der Waals surface area contributed by atoms with Gasteiger partial charge in [-0.05, 0) is 25.2 Å². The summed E-state index contributed by atoms with van der Waals surface area (Å²) in [7, 11) is 0. The summed E-state index contributed by atoms with van der Waals surface area (Å²) < 4.78 is 10.7. The second-order valence-electron chi connectivity index (χ2n) is 6.49. The highest BCUT2D eigenvalue weighted by molar-refractivity contribution is 6.00. The highest BCUT2D eigenvalue weighted by atomic mass is 16.6. The van der Waals surface area contributed by atoms with Crippen LogP contribution in [0.2, 0.25) is 0 Å². The molecule has 0 rings (SSSR count). The van der Waals surface area contributed by atoms with Crippen LogP contribution in [0.25, 0.3) is 0 Å². The molecule has 134 valence electrons. The summed E-state index contributed by atoms with van der Waals surface area (Å²) in [6, 6.07) is 0. The number of hydrogen-bond acceptors (Lipinski definition) is 4. The molecule has 0 radical (unpaired) electrons. The van der Waals surface area contributed by atoms with Gasteiger partial charge in [0.15, 0.2) is 5.41 Å². The lowest BCUT2D eigenvalue weighted by Crippen LogP contribution is -2.42. The Labute approximate surface area is 141 Å². The van der Waals surface area contributed by atoms with Crippen LogP contribution in [0.1, 0.15) is 72.6 Å². The third kappa shape index (κ3) is 7.67. The van der Waals surface area contributed by atoms with Crippen molar-refractivity contribution in [2.45, 2.75) is 72.6 Å². The Kier molecular flexibility index (Phi) is 11.4. The zero-order valence-electron chi connectivity index (χ0n) is 15.4. The molecule has 0 fully saturated rings. The molecule has 23 heavy (non-hydrogen) atoms. The first kappa shape index (κ1) is 21.7. The molecule has 0 aromatic carbocycles. The van der Waals surface area contributed by atoms with Gasteiger partial charge in [0.1, 0.15) is 6.61 Å². The van der Waals surface area contributed by atoms with Crippen molar-refractivity contribution in [2.75, 3.05) is 13.2 Å². The van der Waals surface area contributed by atoms with Crippen molar-refractivity contribution in [3.63, 3.8) is 0 Å². The molecule has 0 atom stereocenters. The second-order valence-corrected chi connectivity index (χ2v) is 6.49. The zero-order valence-corrected chi connectivity index (χ0v) is 15.4. The topological polar surface area (TPSA) is 52.6 Å². The molecule has 0 heterocycles. The van der Waals surface area contributed by atoms with Gasteiger partial charge in [0.2, 0.25) is 0 Å². The molecule has 0 bridgehead atoms. The Balaban J connectivity index is 5.18.